The molecule has 5 aromatic rings. The van der Waals surface area contributed by atoms with Crippen molar-refractivity contribution in [3.63, 3.8) is 0 Å². The van der Waals surface area contributed by atoms with Gasteiger partial charge in [0.05, 0.1) is 25.1 Å². The second-order valence-corrected chi connectivity index (χ2v) is 8.47. The lowest BCUT2D eigenvalue weighted by atomic mass is 10.0. The molecular formula is C25H19F3N4O4. The SMILES string of the molecule is COc1cc2c(cc1NC(=O)c1cc3n(n1)[C@H](C(F)(F)F)C[C@H](c1ccco1)N3)oc1ccccc12. The highest BCUT2D eigenvalue weighted by Gasteiger charge is 2.47. The number of anilines is 2. The highest BCUT2D eigenvalue weighted by Crippen LogP contribution is 2.44. The Bertz CT molecular complexity index is 1590. The number of carbonyl (C=O) groups is 1. The summed E-state index contributed by atoms with van der Waals surface area (Å²) in [4.78, 5) is 13.1. The molecule has 2 aromatic carbocycles. The van der Waals surface area contributed by atoms with E-state index in [4.69, 9.17) is 13.6 Å². The number of methoxy groups -OCH3 is 1. The molecule has 3 aromatic heterocycles. The number of amides is 1. The van der Waals surface area contributed by atoms with E-state index in [9.17, 15) is 18.0 Å². The standard InChI is InChI=1S/C25H19F3N4O4/c1-34-21-9-14-13-5-2-3-6-18(13)36-20(14)10-15(21)30-24(33)17-12-23-29-16(19-7-4-8-35-19)11-22(25(26,27)28)32(23)31-17/h2-10,12,16,22,29H,11H2,1H3,(H,30,33)/t16-,22+/m1/s1. The summed E-state index contributed by atoms with van der Waals surface area (Å²) >= 11 is 0. The molecule has 1 aliphatic heterocycles. The van der Waals surface area contributed by atoms with Gasteiger partial charge in [0.1, 0.15) is 28.5 Å². The predicted octanol–water partition coefficient (Wildman–Crippen LogP) is 6.30. The monoisotopic (exact) mass is 496 g/mol. The summed E-state index contributed by atoms with van der Waals surface area (Å²) in [6.07, 6.45) is -3.50. The molecule has 0 saturated carbocycles. The summed E-state index contributed by atoms with van der Waals surface area (Å²) in [5.41, 5.74) is 1.32. The van der Waals surface area contributed by atoms with Gasteiger partial charge in [-0.2, -0.15) is 18.3 Å². The third kappa shape index (κ3) is 3.63. The van der Waals surface area contributed by atoms with Crippen LogP contribution in [0.3, 0.4) is 0 Å². The molecule has 4 heterocycles. The van der Waals surface area contributed by atoms with E-state index in [1.54, 1.807) is 24.3 Å². The van der Waals surface area contributed by atoms with Gasteiger partial charge >= 0.3 is 6.18 Å². The lowest BCUT2D eigenvalue weighted by Crippen LogP contribution is -2.35. The maximum Gasteiger partial charge on any atom is 0.410 e. The van der Waals surface area contributed by atoms with Crippen LogP contribution >= 0.6 is 0 Å². The minimum Gasteiger partial charge on any atom is -0.495 e. The van der Waals surface area contributed by atoms with Crippen LogP contribution in [-0.4, -0.2) is 29.0 Å². The van der Waals surface area contributed by atoms with E-state index in [0.29, 0.717) is 28.4 Å². The maximum atomic E-state index is 13.9. The summed E-state index contributed by atoms with van der Waals surface area (Å²) in [5.74, 6) is 0.111. The van der Waals surface area contributed by atoms with E-state index in [1.807, 2.05) is 24.3 Å². The molecule has 1 amide bonds. The fourth-order valence-electron chi connectivity index (χ4n) is 4.56. The van der Waals surface area contributed by atoms with Gasteiger partial charge in [-0.05, 0) is 24.3 Å². The number of ether oxygens (including phenoxy) is 1. The Hall–Kier alpha value is -4.41. The van der Waals surface area contributed by atoms with Gasteiger partial charge < -0.3 is 24.2 Å². The number of aromatic nitrogens is 2. The van der Waals surface area contributed by atoms with Gasteiger partial charge in [-0.25, -0.2) is 4.68 Å². The molecule has 184 valence electrons. The van der Waals surface area contributed by atoms with Gasteiger partial charge in [-0.1, -0.05) is 18.2 Å². The molecule has 0 saturated heterocycles. The third-order valence-corrected chi connectivity index (χ3v) is 6.26. The minimum atomic E-state index is -4.57. The molecule has 2 atom stereocenters. The fourth-order valence-corrected chi connectivity index (χ4v) is 4.56. The summed E-state index contributed by atoms with van der Waals surface area (Å²) in [7, 11) is 1.46. The van der Waals surface area contributed by atoms with Crippen LogP contribution in [0.2, 0.25) is 0 Å². The van der Waals surface area contributed by atoms with Crippen LogP contribution in [0.1, 0.15) is 34.8 Å². The number of hydrogen-bond acceptors (Lipinski definition) is 6. The number of fused-ring (bicyclic) bond motifs is 4. The van der Waals surface area contributed by atoms with E-state index in [-0.39, 0.29) is 17.9 Å². The number of nitrogens with zero attached hydrogens (tertiary/aromatic N) is 2. The molecule has 0 aliphatic carbocycles. The minimum absolute atomic E-state index is 0.0647. The Morgan fingerprint density at radius 3 is 2.72 bits per heavy atom. The molecule has 0 spiro atoms. The van der Waals surface area contributed by atoms with Gasteiger partial charge in [0.15, 0.2) is 11.7 Å². The van der Waals surface area contributed by atoms with Crippen LogP contribution in [0.25, 0.3) is 21.9 Å². The summed E-state index contributed by atoms with van der Waals surface area (Å²) < 4.78 is 59.1. The second-order valence-electron chi connectivity index (χ2n) is 8.47. The average molecular weight is 496 g/mol. The van der Waals surface area contributed by atoms with Crippen molar-refractivity contribution in [2.45, 2.75) is 24.7 Å². The van der Waals surface area contributed by atoms with Gasteiger partial charge in [0.2, 0.25) is 0 Å². The molecule has 2 N–H and O–H groups in total. The zero-order chi connectivity index (χ0) is 25.0. The van der Waals surface area contributed by atoms with Crippen LogP contribution in [0.15, 0.2) is 69.7 Å². The van der Waals surface area contributed by atoms with Crippen molar-refractivity contribution >= 4 is 39.4 Å². The number of nitrogens with one attached hydrogen (secondary N) is 2. The largest absolute Gasteiger partial charge is 0.495 e. The summed E-state index contributed by atoms with van der Waals surface area (Å²) in [6, 6.07) is 12.7. The molecule has 0 unspecified atom stereocenters. The normalized spacial score (nSPS) is 17.7. The lowest BCUT2D eigenvalue weighted by molar-refractivity contribution is -0.174. The van der Waals surface area contributed by atoms with E-state index in [1.165, 1.54) is 19.4 Å². The van der Waals surface area contributed by atoms with Crippen molar-refractivity contribution in [2.75, 3.05) is 17.7 Å². The van der Waals surface area contributed by atoms with E-state index in [2.05, 4.69) is 15.7 Å². The molecular weight excluding hydrogens is 477 g/mol. The van der Waals surface area contributed by atoms with Crippen LogP contribution in [0.4, 0.5) is 24.7 Å². The molecule has 8 nitrogen and oxygen atoms in total. The Morgan fingerprint density at radius 2 is 1.97 bits per heavy atom. The molecule has 36 heavy (non-hydrogen) atoms. The van der Waals surface area contributed by atoms with Crippen LogP contribution in [-0.2, 0) is 0 Å². The van der Waals surface area contributed by atoms with Crippen molar-refractivity contribution in [2.24, 2.45) is 0 Å². The molecule has 1 aliphatic rings. The number of rotatable bonds is 4. The van der Waals surface area contributed by atoms with Gasteiger partial charge in [-0.3, -0.25) is 4.79 Å². The Morgan fingerprint density at radius 1 is 1.14 bits per heavy atom. The van der Waals surface area contributed by atoms with E-state index >= 15 is 0 Å². The fraction of sp³-hybridized carbons (Fsp3) is 0.200. The van der Waals surface area contributed by atoms with E-state index < -0.39 is 24.2 Å². The van der Waals surface area contributed by atoms with Crippen LogP contribution < -0.4 is 15.4 Å². The number of para-hydroxylation sites is 1. The van der Waals surface area contributed by atoms with Crippen molar-refractivity contribution < 1.29 is 31.5 Å². The molecule has 0 bridgehead atoms. The van der Waals surface area contributed by atoms with Crippen molar-refractivity contribution in [1.29, 1.82) is 0 Å². The van der Waals surface area contributed by atoms with Gasteiger partial charge in [-0.15, -0.1) is 0 Å². The topological polar surface area (TPSA) is 94.5 Å². The molecule has 0 fully saturated rings. The number of alkyl halides is 3. The third-order valence-electron chi connectivity index (χ3n) is 6.26. The first kappa shape index (κ1) is 22.1. The highest BCUT2D eigenvalue weighted by atomic mass is 19.4. The Labute approximate surface area is 201 Å². The number of carbonyl (C=O) groups excluding carboxylic acids is 1. The predicted molar refractivity (Wildman–Crippen MR) is 125 cm³/mol. The zero-order valence-corrected chi connectivity index (χ0v) is 18.8. The first-order chi connectivity index (χ1) is 17.3. The number of halogens is 3. The quantitative estimate of drug-likeness (QED) is 0.303. The van der Waals surface area contributed by atoms with Crippen molar-refractivity contribution in [1.82, 2.24) is 9.78 Å². The van der Waals surface area contributed by atoms with Gasteiger partial charge in [0.25, 0.3) is 5.91 Å². The summed E-state index contributed by atoms with van der Waals surface area (Å²) in [5, 5.41) is 11.4. The van der Waals surface area contributed by atoms with Crippen LogP contribution in [0.5, 0.6) is 5.75 Å². The van der Waals surface area contributed by atoms with Crippen molar-refractivity contribution in [3.05, 3.63) is 72.3 Å². The smallest absolute Gasteiger partial charge is 0.410 e. The first-order valence-corrected chi connectivity index (χ1v) is 11.1. The molecule has 0 radical (unpaired) electrons. The number of benzene rings is 2. The maximum absolute atomic E-state index is 13.9. The lowest BCUT2D eigenvalue weighted by Gasteiger charge is -2.32. The second kappa shape index (κ2) is 8.08. The Kier molecular flexibility index (Phi) is 4.95. The highest BCUT2D eigenvalue weighted by molar-refractivity contribution is 6.09. The van der Waals surface area contributed by atoms with Gasteiger partial charge in [0, 0.05) is 29.3 Å². The number of hydrogen-bond donors (Lipinski definition) is 2. The average Bonchev–Trinajstić information content (AvgIpc) is 3.60. The Balaban J connectivity index is 1.34. The molecule has 6 rings (SSSR count). The van der Waals surface area contributed by atoms with Crippen molar-refractivity contribution in [3.8, 4) is 5.75 Å². The zero-order valence-electron chi connectivity index (χ0n) is 18.8. The van der Waals surface area contributed by atoms with E-state index in [0.717, 1.165) is 15.5 Å². The van der Waals surface area contributed by atoms with Crippen LogP contribution in [0, 0.1) is 0 Å². The first-order valence-electron chi connectivity index (χ1n) is 11.1. The number of furan rings is 2. The summed E-state index contributed by atoms with van der Waals surface area (Å²) in [6.45, 7) is 0. The molecule has 11 heteroatoms.